The van der Waals surface area contributed by atoms with Crippen molar-refractivity contribution >= 4 is 46.0 Å². The molecule has 1 aromatic carbocycles. The van der Waals surface area contributed by atoms with Crippen molar-refractivity contribution in [3.8, 4) is 0 Å². The van der Waals surface area contributed by atoms with Gasteiger partial charge in [0, 0.05) is 12.1 Å². The van der Waals surface area contributed by atoms with E-state index in [9.17, 15) is 19.2 Å². The van der Waals surface area contributed by atoms with Gasteiger partial charge < -0.3 is 10.0 Å². The molecule has 0 atom stereocenters. The molecule has 3 rings (SSSR count). The summed E-state index contributed by atoms with van der Waals surface area (Å²) >= 11 is 0.636. The van der Waals surface area contributed by atoms with Crippen molar-refractivity contribution in [3.63, 3.8) is 0 Å². The van der Waals surface area contributed by atoms with Crippen LogP contribution in [-0.2, 0) is 14.4 Å². The first-order valence-electron chi connectivity index (χ1n) is 10.4. The van der Waals surface area contributed by atoms with E-state index < -0.39 is 23.7 Å². The molecule has 30 heavy (non-hydrogen) atoms. The molecule has 0 unspecified atom stereocenters. The number of amides is 3. The number of carboxylic acids is 1. The zero-order valence-corrected chi connectivity index (χ0v) is 17.9. The lowest BCUT2D eigenvalue weighted by Crippen LogP contribution is -2.34. The summed E-state index contributed by atoms with van der Waals surface area (Å²) in [7, 11) is 0. The van der Waals surface area contributed by atoms with Crippen molar-refractivity contribution in [2.24, 2.45) is 0 Å². The van der Waals surface area contributed by atoms with Crippen molar-refractivity contribution in [1.29, 1.82) is 0 Å². The molecule has 1 fully saturated rings. The minimum Gasteiger partial charge on any atom is -0.480 e. The molecule has 160 valence electrons. The first-order valence-corrected chi connectivity index (χ1v) is 11.2. The number of rotatable bonds is 10. The van der Waals surface area contributed by atoms with Crippen molar-refractivity contribution in [2.45, 2.75) is 51.9 Å². The Morgan fingerprint density at radius 2 is 1.60 bits per heavy atom. The Hall–Kier alpha value is -2.61. The van der Waals surface area contributed by atoms with Gasteiger partial charge >= 0.3 is 5.97 Å². The van der Waals surface area contributed by atoms with Gasteiger partial charge in [0.25, 0.3) is 17.1 Å². The highest BCUT2D eigenvalue weighted by Crippen LogP contribution is 2.44. The maximum Gasteiger partial charge on any atom is 0.323 e. The van der Waals surface area contributed by atoms with Crippen LogP contribution >= 0.6 is 11.8 Å². The van der Waals surface area contributed by atoms with Crippen LogP contribution in [-0.4, -0.2) is 46.1 Å². The third-order valence-corrected chi connectivity index (χ3v) is 6.26. The second-order valence-corrected chi connectivity index (χ2v) is 8.41. The normalized spacial score (nSPS) is 18.5. The third kappa shape index (κ3) is 4.59. The number of para-hydroxylation sites is 1. The molecule has 2 aliphatic heterocycles. The van der Waals surface area contributed by atoms with Gasteiger partial charge in [-0.25, -0.2) is 0 Å². The van der Waals surface area contributed by atoms with E-state index in [4.69, 9.17) is 5.11 Å². The van der Waals surface area contributed by atoms with Crippen molar-refractivity contribution in [3.05, 3.63) is 34.7 Å². The highest BCUT2D eigenvalue weighted by molar-refractivity contribution is 8.18. The van der Waals surface area contributed by atoms with Gasteiger partial charge in [-0.2, -0.15) is 0 Å². The standard InChI is InChI=1S/C22H26N2O5S/c1-2-3-4-5-6-7-10-13-23-16-12-9-8-11-15(16)18(20(23)27)19-21(28)24(14-17(25)26)22(29)30-19/h8-9,11-12H,2-7,10,13-14H2,1H3,(H,25,26)/b19-18-. The molecule has 0 saturated carbocycles. The first-order chi connectivity index (χ1) is 14.5. The highest BCUT2D eigenvalue weighted by Gasteiger charge is 2.43. The molecule has 3 amide bonds. The summed E-state index contributed by atoms with van der Waals surface area (Å²) in [6, 6.07) is 7.22. The van der Waals surface area contributed by atoms with Crippen LogP contribution in [0.5, 0.6) is 0 Å². The number of carboxylic acid groups (broad SMARTS) is 1. The number of nitrogens with zero attached hydrogens (tertiary/aromatic N) is 2. The minimum atomic E-state index is -1.28. The van der Waals surface area contributed by atoms with Crippen molar-refractivity contribution in [1.82, 2.24) is 4.90 Å². The maximum atomic E-state index is 13.2. The van der Waals surface area contributed by atoms with Gasteiger partial charge in [-0.15, -0.1) is 0 Å². The lowest BCUT2D eigenvalue weighted by atomic mass is 10.1. The number of thioether (sulfide) groups is 1. The van der Waals surface area contributed by atoms with Crippen LogP contribution in [0.15, 0.2) is 29.2 Å². The van der Waals surface area contributed by atoms with E-state index in [0.29, 0.717) is 28.8 Å². The molecule has 0 spiro atoms. The van der Waals surface area contributed by atoms with E-state index in [1.807, 2.05) is 12.1 Å². The Kier molecular flexibility index (Phi) is 7.31. The number of benzene rings is 1. The Morgan fingerprint density at radius 3 is 2.30 bits per heavy atom. The molecular weight excluding hydrogens is 404 g/mol. The fourth-order valence-electron chi connectivity index (χ4n) is 3.77. The largest absolute Gasteiger partial charge is 0.480 e. The van der Waals surface area contributed by atoms with Gasteiger partial charge in [0.2, 0.25) is 0 Å². The minimum absolute atomic E-state index is 0.0146. The second kappa shape index (κ2) is 9.93. The lowest BCUT2D eigenvalue weighted by molar-refractivity contribution is -0.140. The topological polar surface area (TPSA) is 95.0 Å². The molecule has 0 radical (unpaired) electrons. The van der Waals surface area contributed by atoms with E-state index in [-0.39, 0.29) is 16.4 Å². The number of anilines is 1. The number of imide groups is 1. The predicted molar refractivity (Wildman–Crippen MR) is 116 cm³/mol. The van der Waals surface area contributed by atoms with Gasteiger partial charge in [0.15, 0.2) is 0 Å². The summed E-state index contributed by atoms with van der Waals surface area (Å²) in [5.41, 5.74) is 1.55. The highest BCUT2D eigenvalue weighted by atomic mass is 32.2. The van der Waals surface area contributed by atoms with E-state index in [1.54, 1.807) is 17.0 Å². The van der Waals surface area contributed by atoms with Gasteiger partial charge in [-0.1, -0.05) is 63.6 Å². The molecule has 2 aliphatic rings. The third-order valence-electron chi connectivity index (χ3n) is 5.28. The quantitative estimate of drug-likeness (QED) is 0.440. The molecule has 2 heterocycles. The van der Waals surface area contributed by atoms with Crippen LogP contribution in [0.25, 0.3) is 5.57 Å². The van der Waals surface area contributed by atoms with Crippen molar-refractivity contribution < 1.29 is 24.3 Å². The Labute approximate surface area is 180 Å². The molecule has 0 bridgehead atoms. The average molecular weight is 431 g/mol. The zero-order chi connectivity index (χ0) is 21.7. The average Bonchev–Trinajstić information content (AvgIpc) is 3.14. The summed E-state index contributed by atoms with van der Waals surface area (Å²) in [6.07, 6.45) is 7.90. The van der Waals surface area contributed by atoms with Crippen LogP contribution in [0.2, 0.25) is 0 Å². The van der Waals surface area contributed by atoms with Crippen LogP contribution < -0.4 is 4.90 Å². The van der Waals surface area contributed by atoms with Crippen molar-refractivity contribution in [2.75, 3.05) is 18.0 Å². The SMILES string of the molecule is CCCCCCCCCN1C(=O)/C(=C2\SC(=O)N(CC(=O)O)C2=O)c2ccccc21. The summed E-state index contributed by atoms with van der Waals surface area (Å²) in [5.74, 6) is -2.30. The molecule has 0 aliphatic carbocycles. The Balaban J connectivity index is 1.77. The number of aliphatic carboxylic acids is 1. The predicted octanol–water partition coefficient (Wildman–Crippen LogP) is 4.27. The van der Waals surface area contributed by atoms with E-state index in [0.717, 1.165) is 24.9 Å². The molecule has 8 heteroatoms. The lowest BCUT2D eigenvalue weighted by Gasteiger charge is -2.17. The van der Waals surface area contributed by atoms with Crippen LogP contribution in [0.4, 0.5) is 10.5 Å². The fraction of sp³-hybridized carbons (Fsp3) is 0.455. The number of carbonyl (C=O) groups excluding carboxylic acids is 3. The smallest absolute Gasteiger partial charge is 0.323 e. The molecule has 1 saturated heterocycles. The fourth-order valence-corrected chi connectivity index (χ4v) is 4.70. The summed E-state index contributed by atoms with van der Waals surface area (Å²) in [6.45, 7) is 2.02. The second-order valence-electron chi connectivity index (χ2n) is 7.45. The van der Waals surface area contributed by atoms with E-state index >= 15 is 0 Å². The zero-order valence-electron chi connectivity index (χ0n) is 17.1. The van der Waals surface area contributed by atoms with E-state index in [2.05, 4.69) is 6.92 Å². The molecule has 0 aromatic heterocycles. The van der Waals surface area contributed by atoms with E-state index in [1.165, 1.54) is 25.7 Å². The summed E-state index contributed by atoms with van der Waals surface area (Å²) < 4.78 is 0. The Morgan fingerprint density at radius 1 is 0.933 bits per heavy atom. The van der Waals surface area contributed by atoms with Gasteiger partial charge in [0.1, 0.15) is 6.54 Å². The summed E-state index contributed by atoms with van der Waals surface area (Å²) in [5, 5.41) is 8.29. The molecular formula is C22H26N2O5S. The number of unbranched alkanes of at least 4 members (excludes halogenated alkanes) is 6. The Bertz CT molecular complexity index is 895. The van der Waals surface area contributed by atoms with Gasteiger partial charge in [-0.3, -0.25) is 24.1 Å². The maximum absolute atomic E-state index is 13.2. The number of hydrogen-bond donors (Lipinski definition) is 1. The monoisotopic (exact) mass is 430 g/mol. The van der Waals surface area contributed by atoms with Crippen LogP contribution in [0, 0.1) is 0 Å². The number of carbonyl (C=O) groups is 4. The van der Waals surface area contributed by atoms with Crippen LogP contribution in [0.1, 0.15) is 57.4 Å². The number of hydrogen-bond acceptors (Lipinski definition) is 5. The molecule has 1 aromatic rings. The van der Waals surface area contributed by atoms with Crippen LogP contribution in [0.3, 0.4) is 0 Å². The molecule has 7 nitrogen and oxygen atoms in total. The first kappa shape index (κ1) is 22.1. The van der Waals surface area contributed by atoms with Gasteiger partial charge in [0.05, 0.1) is 16.2 Å². The number of fused-ring (bicyclic) bond motifs is 1. The summed E-state index contributed by atoms with van der Waals surface area (Å²) in [4.78, 5) is 51.3. The van der Waals surface area contributed by atoms with Gasteiger partial charge in [-0.05, 0) is 24.2 Å². The molecule has 1 N–H and O–H groups in total.